The van der Waals surface area contributed by atoms with Gasteiger partial charge in [0.2, 0.25) is 0 Å². The number of likely N-dealkylation sites (tertiary alicyclic amines) is 1. The zero-order valence-electron chi connectivity index (χ0n) is 12.1. The van der Waals surface area contributed by atoms with Crippen molar-refractivity contribution < 1.29 is 9.90 Å². The van der Waals surface area contributed by atoms with E-state index in [0.29, 0.717) is 6.54 Å². The molecule has 110 valence electrons. The Morgan fingerprint density at radius 3 is 2.75 bits per heavy atom. The van der Waals surface area contributed by atoms with E-state index in [4.69, 9.17) is 5.73 Å². The van der Waals surface area contributed by atoms with E-state index in [9.17, 15) is 9.90 Å². The SMILES string of the molecule is CCCCC1(c2ccccc2)C(N)CCCN1C(=O)O. The van der Waals surface area contributed by atoms with Crippen LogP contribution in [0.15, 0.2) is 30.3 Å². The summed E-state index contributed by atoms with van der Waals surface area (Å²) in [6, 6.07) is 9.76. The van der Waals surface area contributed by atoms with E-state index in [1.165, 1.54) is 0 Å². The molecule has 1 aromatic carbocycles. The monoisotopic (exact) mass is 276 g/mol. The molecule has 3 N–H and O–H groups in total. The van der Waals surface area contributed by atoms with E-state index >= 15 is 0 Å². The normalized spacial score (nSPS) is 26.5. The average molecular weight is 276 g/mol. The van der Waals surface area contributed by atoms with Crippen molar-refractivity contribution >= 4 is 6.09 Å². The Kier molecular flexibility index (Phi) is 4.65. The van der Waals surface area contributed by atoms with Crippen LogP contribution in [0.25, 0.3) is 0 Å². The number of carbonyl (C=O) groups is 1. The van der Waals surface area contributed by atoms with Gasteiger partial charge in [-0.25, -0.2) is 4.79 Å². The van der Waals surface area contributed by atoms with Gasteiger partial charge in [0, 0.05) is 12.6 Å². The topological polar surface area (TPSA) is 66.6 Å². The van der Waals surface area contributed by atoms with Crippen LogP contribution in [-0.2, 0) is 5.54 Å². The van der Waals surface area contributed by atoms with Gasteiger partial charge in [-0.2, -0.15) is 0 Å². The maximum absolute atomic E-state index is 11.7. The molecule has 1 aromatic rings. The predicted molar refractivity (Wildman–Crippen MR) is 79.6 cm³/mol. The molecular formula is C16H24N2O2. The minimum atomic E-state index is -0.861. The third-order valence-electron chi connectivity index (χ3n) is 4.41. The van der Waals surface area contributed by atoms with Crippen molar-refractivity contribution in [1.82, 2.24) is 4.90 Å². The quantitative estimate of drug-likeness (QED) is 0.887. The molecule has 1 saturated heterocycles. The Hall–Kier alpha value is -1.55. The van der Waals surface area contributed by atoms with Gasteiger partial charge >= 0.3 is 6.09 Å². The smallest absolute Gasteiger partial charge is 0.408 e. The summed E-state index contributed by atoms with van der Waals surface area (Å²) in [6.07, 6.45) is 3.67. The third-order valence-corrected chi connectivity index (χ3v) is 4.41. The number of amides is 1. The van der Waals surface area contributed by atoms with Gasteiger partial charge < -0.3 is 10.8 Å². The van der Waals surface area contributed by atoms with Crippen LogP contribution in [0.5, 0.6) is 0 Å². The summed E-state index contributed by atoms with van der Waals surface area (Å²) >= 11 is 0. The molecule has 1 fully saturated rings. The van der Waals surface area contributed by atoms with Crippen LogP contribution in [0.1, 0.15) is 44.6 Å². The molecule has 4 heteroatoms. The first-order valence-corrected chi connectivity index (χ1v) is 7.44. The molecule has 20 heavy (non-hydrogen) atoms. The maximum Gasteiger partial charge on any atom is 0.408 e. The van der Waals surface area contributed by atoms with E-state index < -0.39 is 11.6 Å². The van der Waals surface area contributed by atoms with Crippen molar-refractivity contribution in [3.8, 4) is 0 Å². The van der Waals surface area contributed by atoms with Gasteiger partial charge in [-0.1, -0.05) is 50.1 Å². The highest BCUT2D eigenvalue weighted by atomic mass is 16.4. The van der Waals surface area contributed by atoms with Crippen LogP contribution in [0, 0.1) is 0 Å². The van der Waals surface area contributed by atoms with Crippen molar-refractivity contribution in [3.63, 3.8) is 0 Å². The van der Waals surface area contributed by atoms with E-state index in [-0.39, 0.29) is 6.04 Å². The predicted octanol–water partition coefficient (Wildman–Crippen LogP) is 3.17. The summed E-state index contributed by atoms with van der Waals surface area (Å²) in [6.45, 7) is 2.69. The Morgan fingerprint density at radius 2 is 2.15 bits per heavy atom. The lowest BCUT2D eigenvalue weighted by molar-refractivity contribution is 0.0223. The van der Waals surface area contributed by atoms with Crippen molar-refractivity contribution in [3.05, 3.63) is 35.9 Å². The second-order valence-electron chi connectivity index (χ2n) is 5.58. The molecule has 2 unspecified atom stereocenters. The third kappa shape index (κ3) is 2.52. The molecule has 0 saturated carbocycles. The van der Waals surface area contributed by atoms with Gasteiger partial charge in [-0.3, -0.25) is 4.90 Å². The number of hydrogen-bond acceptors (Lipinski definition) is 2. The number of hydrogen-bond donors (Lipinski definition) is 2. The van der Waals surface area contributed by atoms with Crippen LogP contribution in [0.4, 0.5) is 4.79 Å². The number of carboxylic acid groups (broad SMARTS) is 1. The van der Waals surface area contributed by atoms with Gasteiger partial charge in [0.05, 0.1) is 5.54 Å². The largest absolute Gasteiger partial charge is 0.465 e. The average Bonchev–Trinajstić information content (AvgIpc) is 2.46. The highest BCUT2D eigenvalue weighted by Crippen LogP contribution is 2.41. The number of nitrogens with zero attached hydrogens (tertiary/aromatic N) is 1. The lowest BCUT2D eigenvalue weighted by Gasteiger charge is -2.50. The minimum absolute atomic E-state index is 0.138. The summed E-state index contributed by atoms with van der Waals surface area (Å²) in [7, 11) is 0. The van der Waals surface area contributed by atoms with E-state index in [2.05, 4.69) is 6.92 Å². The van der Waals surface area contributed by atoms with Crippen LogP contribution < -0.4 is 5.73 Å². The van der Waals surface area contributed by atoms with Crippen molar-refractivity contribution in [2.24, 2.45) is 5.73 Å². The van der Waals surface area contributed by atoms with Gasteiger partial charge in [0.15, 0.2) is 0 Å². The molecule has 4 nitrogen and oxygen atoms in total. The van der Waals surface area contributed by atoms with Crippen LogP contribution >= 0.6 is 0 Å². The second-order valence-corrected chi connectivity index (χ2v) is 5.58. The fraction of sp³-hybridized carbons (Fsp3) is 0.562. The van der Waals surface area contributed by atoms with Gasteiger partial charge in [-0.15, -0.1) is 0 Å². The highest BCUT2D eigenvalue weighted by Gasteiger charge is 2.47. The number of rotatable bonds is 4. The number of nitrogens with two attached hydrogens (primary N) is 1. The molecule has 0 aromatic heterocycles. The van der Waals surface area contributed by atoms with Gasteiger partial charge in [0.1, 0.15) is 0 Å². The Labute approximate surface area is 120 Å². The molecule has 1 amide bonds. The van der Waals surface area contributed by atoms with Crippen LogP contribution in [0.2, 0.25) is 0 Å². The van der Waals surface area contributed by atoms with Crippen LogP contribution in [-0.4, -0.2) is 28.7 Å². The number of benzene rings is 1. The first-order valence-electron chi connectivity index (χ1n) is 7.44. The highest BCUT2D eigenvalue weighted by molar-refractivity contribution is 5.67. The summed E-state index contributed by atoms with van der Waals surface area (Å²) < 4.78 is 0. The Morgan fingerprint density at radius 1 is 1.45 bits per heavy atom. The standard InChI is InChI=1S/C16H24N2O2/c1-2-3-11-16(13-8-5-4-6-9-13)14(17)10-7-12-18(16)15(19)20/h4-6,8-9,14H,2-3,7,10-12,17H2,1H3,(H,19,20). The molecule has 0 spiro atoms. The second kappa shape index (κ2) is 6.27. The summed E-state index contributed by atoms with van der Waals surface area (Å²) in [5, 5.41) is 9.62. The summed E-state index contributed by atoms with van der Waals surface area (Å²) in [5.74, 6) is 0. The van der Waals surface area contributed by atoms with E-state index in [1.807, 2.05) is 30.3 Å². The van der Waals surface area contributed by atoms with Gasteiger partial charge in [-0.05, 0) is 24.8 Å². The van der Waals surface area contributed by atoms with Crippen molar-refractivity contribution in [1.29, 1.82) is 0 Å². The fourth-order valence-corrected chi connectivity index (χ4v) is 3.38. The zero-order chi connectivity index (χ0) is 14.6. The molecule has 0 aliphatic carbocycles. The number of piperidine rings is 1. The maximum atomic E-state index is 11.7. The molecule has 0 bridgehead atoms. The Bertz CT molecular complexity index is 449. The summed E-state index contributed by atoms with van der Waals surface area (Å²) in [4.78, 5) is 13.3. The fourth-order valence-electron chi connectivity index (χ4n) is 3.38. The Balaban J connectivity index is 2.49. The molecule has 1 aliphatic rings. The minimum Gasteiger partial charge on any atom is -0.465 e. The molecule has 2 rings (SSSR count). The molecule has 1 heterocycles. The lowest BCUT2D eigenvalue weighted by atomic mass is 9.73. The zero-order valence-corrected chi connectivity index (χ0v) is 12.1. The van der Waals surface area contributed by atoms with Crippen molar-refractivity contribution in [2.75, 3.05) is 6.54 Å². The van der Waals surface area contributed by atoms with Crippen molar-refractivity contribution in [2.45, 2.75) is 50.6 Å². The summed E-state index contributed by atoms with van der Waals surface area (Å²) in [5.41, 5.74) is 6.87. The van der Waals surface area contributed by atoms with E-state index in [0.717, 1.165) is 37.7 Å². The molecule has 2 atom stereocenters. The molecule has 0 radical (unpaired) electrons. The lowest BCUT2D eigenvalue weighted by Crippen LogP contribution is -2.62. The van der Waals surface area contributed by atoms with Crippen LogP contribution in [0.3, 0.4) is 0 Å². The molecular weight excluding hydrogens is 252 g/mol. The molecule has 1 aliphatic heterocycles. The number of unbranched alkanes of at least 4 members (excludes halogenated alkanes) is 1. The first kappa shape index (κ1) is 14.9. The van der Waals surface area contributed by atoms with Gasteiger partial charge in [0.25, 0.3) is 0 Å². The van der Waals surface area contributed by atoms with E-state index in [1.54, 1.807) is 4.90 Å². The first-order chi connectivity index (χ1) is 9.63.